The Morgan fingerprint density at radius 3 is 2.89 bits per heavy atom. The molecule has 98 valence electrons. The number of piperidine rings is 1. The van der Waals surface area contributed by atoms with Crippen molar-refractivity contribution in [3.63, 3.8) is 0 Å². The second-order valence-electron chi connectivity index (χ2n) is 5.45. The van der Waals surface area contributed by atoms with Crippen LogP contribution < -0.4 is 5.73 Å². The molecule has 1 aliphatic carbocycles. The Balaban J connectivity index is 1.82. The molecule has 0 radical (unpaired) electrons. The van der Waals surface area contributed by atoms with E-state index in [4.69, 9.17) is 5.73 Å². The molecule has 0 spiro atoms. The normalized spacial score (nSPS) is 27.9. The molecule has 2 fully saturated rings. The van der Waals surface area contributed by atoms with Crippen LogP contribution in [0.4, 0.5) is 5.82 Å². The maximum Gasteiger partial charge on any atom is 0.259 e. The zero-order valence-corrected chi connectivity index (χ0v) is 10.6. The van der Waals surface area contributed by atoms with Gasteiger partial charge in [0.1, 0.15) is 11.4 Å². The number of nitrogens with two attached hydrogens (primary N) is 1. The van der Waals surface area contributed by atoms with E-state index in [9.17, 15) is 4.79 Å². The highest BCUT2D eigenvalue weighted by Gasteiger charge is 2.36. The number of rotatable bonds is 1. The quantitative estimate of drug-likeness (QED) is 0.795. The third-order valence-electron chi connectivity index (χ3n) is 4.40. The average Bonchev–Trinajstić information content (AvgIpc) is 2.83. The van der Waals surface area contributed by atoms with E-state index < -0.39 is 0 Å². The van der Waals surface area contributed by atoms with Crippen molar-refractivity contribution in [3.05, 3.63) is 11.8 Å². The zero-order chi connectivity index (χ0) is 12.5. The first kappa shape index (κ1) is 11.6. The third kappa shape index (κ3) is 1.87. The summed E-state index contributed by atoms with van der Waals surface area (Å²) in [6, 6.07) is 0.425. The highest BCUT2D eigenvalue weighted by atomic mass is 16.2. The van der Waals surface area contributed by atoms with E-state index in [1.165, 1.54) is 25.7 Å². The number of anilines is 1. The van der Waals surface area contributed by atoms with Crippen LogP contribution in [0, 0.1) is 5.92 Å². The van der Waals surface area contributed by atoms with Crippen molar-refractivity contribution in [1.82, 2.24) is 15.1 Å². The van der Waals surface area contributed by atoms with Gasteiger partial charge in [-0.15, -0.1) is 0 Å². The number of hydrogen-bond acceptors (Lipinski definition) is 3. The lowest BCUT2D eigenvalue weighted by atomic mass is 9.78. The maximum atomic E-state index is 12.5. The first-order chi connectivity index (χ1) is 8.77. The van der Waals surface area contributed by atoms with Crippen LogP contribution in [0.25, 0.3) is 0 Å². The van der Waals surface area contributed by atoms with Crippen LogP contribution in [0.15, 0.2) is 6.20 Å². The molecule has 0 bridgehead atoms. The Kier molecular flexibility index (Phi) is 2.97. The van der Waals surface area contributed by atoms with Gasteiger partial charge in [-0.2, -0.15) is 5.10 Å². The number of aromatic nitrogens is 2. The molecule has 1 saturated heterocycles. The molecule has 2 heterocycles. The van der Waals surface area contributed by atoms with E-state index in [-0.39, 0.29) is 5.91 Å². The van der Waals surface area contributed by atoms with Gasteiger partial charge in [-0.25, -0.2) is 0 Å². The molecule has 1 amide bonds. The number of H-pyrrole nitrogens is 1. The number of nitrogen functional groups attached to an aromatic ring is 1. The molecule has 1 aromatic heterocycles. The van der Waals surface area contributed by atoms with E-state index in [0.717, 1.165) is 19.4 Å². The van der Waals surface area contributed by atoms with Gasteiger partial charge in [0.05, 0.1) is 6.20 Å². The number of nitrogens with zero attached hydrogens (tertiary/aromatic N) is 2. The fraction of sp³-hybridized carbons (Fsp3) is 0.692. The zero-order valence-electron chi connectivity index (χ0n) is 10.6. The topological polar surface area (TPSA) is 75.0 Å². The molecule has 0 aromatic carbocycles. The fourth-order valence-corrected chi connectivity index (χ4v) is 3.50. The van der Waals surface area contributed by atoms with Crippen molar-refractivity contribution in [2.45, 2.75) is 44.6 Å². The van der Waals surface area contributed by atoms with E-state index in [2.05, 4.69) is 10.2 Å². The molecule has 3 N–H and O–H groups in total. The number of carbonyl (C=O) groups is 1. The summed E-state index contributed by atoms with van der Waals surface area (Å²) in [6.07, 6.45) is 8.91. The van der Waals surface area contributed by atoms with Crippen LogP contribution in [0.1, 0.15) is 48.9 Å². The molecular weight excluding hydrogens is 228 g/mol. The number of carbonyl (C=O) groups excluding carboxylic acids is 1. The highest BCUT2D eigenvalue weighted by Crippen LogP contribution is 2.36. The van der Waals surface area contributed by atoms with Crippen molar-refractivity contribution in [3.8, 4) is 0 Å². The van der Waals surface area contributed by atoms with Gasteiger partial charge in [-0.3, -0.25) is 9.89 Å². The van der Waals surface area contributed by atoms with Crippen molar-refractivity contribution in [2.24, 2.45) is 5.92 Å². The second-order valence-corrected chi connectivity index (χ2v) is 5.45. The minimum atomic E-state index is 0.0536. The van der Waals surface area contributed by atoms with Crippen molar-refractivity contribution >= 4 is 11.7 Å². The molecule has 5 heteroatoms. The predicted molar refractivity (Wildman–Crippen MR) is 69.0 cm³/mol. The van der Waals surface area contributed by atoms with Crippen LogP contribution >= 0.6 is 0 Å². The van der Waals surface area contributed by atoms with Gasteiger partial charge in [0.2, 0.25) is 0 Å². The Morgan fingerprint density at radius 1 is 1.33 bits per heavy atom. The maximum absolute atomic E-state index is 12.5. The van der Waals surface area contributed by atoms with Gasteiger partial charge in [0, 0.05) is 12.6 Å². The van der Waals surface area contributed by atoms with Gasteiger partial charge in [0.25, 0.3) is 5.91 Å². The van der Waals surface area contributed by atoms with Gasteiger partial charge in [-0.05, 0) is 31.6 Å². The lowest BCUT2D eigenvalue weighted by Gasteiger charge is -2.44. The monoisotopic (exact) mass is 248 g/mol. The lowest BCUT2D eigenvalue weighted by Crippen LogP contribution is -2.49. The van der Waals surface area contributed by atoms with Crippen molar-refractivity contribution in [1.29, 1.82) is 0 Å². The van der Waals surface area contributed by atoms with Crippen LogP contribution in [-0.2, 0) is 0 Å². The van der Waals surface area contributed by atoms with Crippen LogP contribution in [0.5, 0.6) is 0 Å². The number of nitrogens with one attached hydrogen (secondary N) is 1. The summed E-state index contributed by atoms with van der Waals surface area (Å²) >= 11 is 0. The average molecular weight is 248 g/mol. The van der Waals surface area contributed by atoms with E-state index in [0.29, 0.717) is 23.3 Å². The Labute approximate surface area is 107 Å². The molecule has 0 unspecified atom stereocenters. The molecule has 2 aliphatic rings. The van der Waals surface area contributed by atoms with Gasteiger partial charge >= 0.3 is 0 Å². The third-order valence-corrected chi connectivity index (χ3v) is 4.40. The predicted octanol–water partition coefficient (Wildman–Crippen LogP) is 1.79. The number of hydrogen-bond donors (Lipinski definition) is 2. The molecule has 2 atom stereocenters. The SMILES string of the molecule is Nc1[nH]ncc1C(=O)N1CCC[C@H]2CCCC[C@H]21. The number of amides is 1. The Hall–Kier alpha value is -1.52. The Morgan fingerprint density at radius 2 is 2.11 bits per heavy atom. The highest BCUT2D eigenvalue weighted by molar-refractivity contribution is 5.98. The van der Waals surface area contributed by atoms with E-state index >= 15 is 0 Å². The van der Waals surface area contributed by atoms with Gasteiger partial charge in [0.15, 0.2) is 0 Å². The minimum absolute atomic E-state index is 0.0536. The van der Waals surface area contributed by atoms with Crippen molar-refractivity contribution < 1.29 is 4.79 Å². The summed E-state index contributed by atoms with van der Waals surface area (Å²) in [5, 5.41) is 6.49. The van der Waals surface area contributed by atoms with Crippen molar-refractivity contribution in [2.75, 3.05) is 12.3 Å². The van der Waals surface area contributed by atoms with Crippen LogP contribution in [0.3, 0.4) is 0 Å². The largest absolute Gasteiger partial charge is 0.383 e. The fourth-order valence-electron chi connectivity index (χ4n) is 3.50. The second kappa shape index (κ2) is 4.63. The number of aromatic amines is 1. The number of fused-ring (bicyclic) bond motifs is 1. The lowest BCUT2D eigenvalue weighted by molar-refractivity contribution is 0.0392. The molecule has 1 saturated carbocycles. The molecule has 3 rings (SSSR count). The first-order valence-electron chi connectivity index (χ1n) is 6.87. The summed E-state index contributed by atoms with van der Waals surface area (Å²) in [7, 11) is 0. The molecule has 1 aromatic rings. The summed E-state index contributed by atoms with van der Waals surface area (Å²) in [5.41, 5.74) is 6.28. The van der Waals surface area contributed by atoms with Crippen LogP contribution in [0.2, 0.25) is 0 Å². The molecule has 5 nitrogen and oxygen atoms in total. The van der Waals surface area contributed by atoms with Gasteiger partial charge in [-0.1, -0.05) is 12.8 Å². The molecular formula is C13H20N4O. The smallest absolute Gasteiger partial charge is 0.259 e. The summed E-state index contributed by atoms with van der Waals surface area (Å²) in [6.45, 7) is 0.866. The Bertz CT molecular complexity index is 440. The summed E-state index contributed by atoms with van der Waals surface area (Å²) in [4.78, 5) is 14.6. The molecule has 18 heavy (non-hydrogen) atoms. The number of likely N-dealkylation sites (tertiary alicyclic amines) is 1. The molecule has 1 aliphatic heterocycles. The van der Waals surface area contributed by atoms with Crippen LogP contribution in [-0.4, -0.2) is 33.6 Å². The van der Waals surface area contributed by atoms with E-state index in [1.807, 2.05) is 4.90 Å². The first-order valence-corrected chi connectivity index (χ1v) is 6.87. The van der Waals surface area contributed by atoms with E-state index in [1.54, 1.807) is 6.20 Å². The standard InChI is InChI=1S/C13H20N4O/c14-12-10(8-15-16-12)13(18)17-7-3-5-9-4-1-2-6-11(9)17/h8-9,11H,1-7H2,(H3,14,15,16)/t9-,11-/m1/s1. The summed E-state index contributed by atoms with van der Waals surface area (Å²) in [5.74, 6) is 1.14. The summed E-state index contributed by atoms with van der Waals surface area (Å²) < 4.78 is 0. The van der Waals surface area contributed by atoms with Gasteiger partial charge < -0.3 is 10.6 Å². The minimum Gasteiger partial charge on any atom is -0.383 e.